The fraction of sp³-hybridized carbons (Fsp3) is 0.286. The van der Waals surface area contributed by atoms with E-state index in [0.29, 0.717) is 18.1 Å². The standard InChI is InChI=1S/C14H19O3P/c1-3-5-9-13-10-7-8-11-14(13)18(15,16)17-12-6-4-2/h3-4,7-8,10-11H,1-2,5-6,9,12H2,(H,15,16). The van der Waals surface area contributed by atoms with Crippen LogP contribution in [-0.2, 0) is 15.5 Å². The van der Waals surface area contributed by atoms with Crippen LogP contribution in [0.15, 0.2) is 49.6 Å². The van der Waals surface area contributed by atoms with Gasteiger partial charge in [-0.05, 0) is 30.9 Å². The van der Waals surface area contributed by atoms with E-state index in [1.165, 1.54) is 0 Å². The second kappa shape index (κ2) is 7.32. The monoisotopic (exact) mass is 266 g/mol. The van der Waals surface area contributed by atoms with Gasteiger partial charge in [-0.25, -0.2) is 0 Å². The van der Waals surface area contributed by atoms with E-state index in [0.717, 1.165) is 12.0 Å². The van der Waals surface area contributed by atoms with Gasteiger partial charge in [-0.1, -0.05) is 30.4 Å². The minimum atomic E-state index is -3.73. The lowest BCUT2D eigenvalue weighted by molar-refractivity contribution is 0.274. The largest absolute Gasteiger partial charge is 0.359 e. The van der Waals surface area contributed by atoms with Crippen molar-refractivity contribution in [2.45, 2.75) is 19.3 Å². The van der Waals surface area contributed by atoms with Gasteiger partial charge in [0.15, 0.2) is 0 Å². The Morgan fingerprint density at radius 2 is 1.89 bits per heavy atom. The van der Waals surface area contributed by atoms with Crippen LogP contribution in [0.2, 0.25) is 0 Å². The Bertz CT molecular complexity index is 454. The number of rotatable bonds is 8. The zero-order chi connectivity index (χ0) is 13.4. The summed E-state index contributed by atoms with van der Waals surface area (Å²) in [5.41, 5.74) is 0.835. The summed E-state index contributed by atoms with van der Waals surface area (Å²) in [4.78, 5) is 9.97. The Morgan fingerprint density at radius 1 is 1.22 bits per heavy atom. The summed E-state index contributed by atoms with van der Waals surface area (Å²) >= 11 is 0. The van der Waals surface area contributed by atoms with Crippen molar-refractivity contribution in [2.24, 2.45) is 0 Å². The lowest BCUT2D eigenvalue weighted by Gasteiger charge is -2.15. The van der Waals surface area contributed by atoms with Crippen LogP contribution in [0.4, 0.5) is 0 Å². The Kier molecular flexibility index (Phi) is 6.06. The molecular weight excluding hydrogens is 247 g/mol. The predicted molar refractivity (Wildman–Crippen MR) is 75.2 cm³/mol. The fourth-order valence-corrected chi connectivity index (χ4v) is 2.90. The normalized spacial score (nSPS) is 13.8. The SMILES string of the molecule is C=CCCOP(=O)(O)c1ccccc1CCC=C. The first-order valence-electron chi connectivity index (χ1n) is 5.89. The van der Waals surface area contributed by atoms with Gasteiger partial charge >= 0.3 is 7.60 Å². The summed E-state index contributed by atoms with van der Waals surface area (Å²) in [6.07, 6.45) is 5.46. The van der Waals surface area contributed by atoms with Crippen LogP contribution in [0.3, 0.4) is 0 Å². The molecule has 0 saturated carbocycles. The van der Waals surface area contributed by atoms with E-state index in [4.69, 9.17) is 4.52 Å². The van der Waals surface area contributed by atoms with E-state index >= 15 is 0 Å². The molecule has 1 N–H and O–H groups in total. The lowest BCUT2D eigenvalue weighted by Crippen LogP contribution is -2.13. The van der Waals surface area contributed by atoms with Crippen LogP contribution < -0.4 is 5.30 Å². The molecule has 0 fully saturated rings. The molecule has 0 heterocycles. The van der Waals surface area contributed by atoms with Gasteiger partial charge in [0.1, 0.15) is 0 Å². The average Bonchev–Trinajstić information content (AvgIpc) is 2.37. The van der Waals surface area contributed by atoms with Crippen LogP contribution in [0, 0.1) is 0 Å². The third-order valence-corrected chi connectivity index (χ3v) is 4.08. The summed E-state index contributed by atoms with van der Waals surface area (Å²) in [7, 11) is -3.73. The van der Waals surface area contributed by atoms with Crippen molar-refractivity contribution in [1.82, 2.24) is 0 Å². The lowest BCUT2D eigenvalue weighted by atomic mass is 10.1. The molecule has 0 aliphatic heterocycles. The van der Waals surface area contributed by atoms with Crippen LogP contribution >= 0.6 is 7.60 Å². The molecule has 1 atom stereocenters. The maximum Gasteiger partial charge on any atom is 0.359 e. The van der Waals surface area contributed by atoms with Crippen molar-refractivity contribution < 1.29 is 14.0 Å². The van der Waals surface area contributed by atoms with Crippen LogP contribution in [0.5, 0.6) is 0 Å². The van der Waals surface area contributed by atoms with Gasteiger partial charge in [-0.15, -0.1) is 13.2 Å². The zero-order valence-electron chi connectivity index (χ0n) is 10.4. The van der Waals surface area contributed by atoms with Crippen LogP contribution in [-0.4, -0.2) is 11.5 Å². The molecule has 0 bridgehead atoms. The molecular formula is C14H19O3P. The third kappa shape index (κ3) is 4.26. The number of allylic oxidation sites excluding steroid dienone is 1. The molecule has 1 aromatic rings. The summed E-state index contributed by atoms with van der Waals surface area (Å²) in [5, 5.41) is 0.385. The first kappa shape index (κ1) is 14.9. The molecule has 0 radical (unpaired) electrons. The van der Waals surface area contributed by atoms with Gasteiger partial charge in [0.25, 0.3) is 0 Å². The van der Waals surface area contributed by atoms with E-state index in [2.05, 4.69) is 13.2 Å². The number of hydrogen-bond acceptors (Lipinski definition) is 2. The molecule has 0 spiro atoms. The van der Waals surface area contributed by atoms with Crippen molar-refractivity contribution >= 4 is 12.9 Å². The highest BCUT2D eigenvalue weighted by atomic mass is 31.2. The molecule has 0 amide bonds. The van der Waals surface area contributed by atoms with Gasteiger partial charge in [0.2, 0.25) is 0 Å². The maximum atomic E-state index is 12.1. The topological polar surface area (TPSA) is 46.5 Å². The highest BCUT2D eigenvalue weighted by Gasteiger charge is 2.24. The second-order valence-electron chi connectivity index (χ2n) is 3.89. The second-order valence-corrected chi connectivity index (χ2v) is 5.67. The van der Waals surface area contributed by atoms with E-state index in [9.17, 15) is 9.46 Å². The van der Waals surface area contributed by atoms with Crippen LogP contribution in [0.25, 0.3) is 0 Å². The van der Waals surface area contributed by atoms with Gasteiger partial charge in [-0.2, -0.15) is 0 Å². The van der Waals surface area contributed by atoms with Crippen molar-refractivity contribution in [2.75, 3.05) is 6.61 Å². The summed E-state index contributed by atoms with van der Waals surface area (Å²) < 4.78 is 17.2. The fourth-order valence-electron chi connectivity index (χ4n) is 1.58. The first-order valence-corrected chi connectivity index (χ1v) is 7.47. The van der Waals surface area contributed by atoms with E-state index in [1.54, 1.807) is 24.3 Å². The number of benzene rings is 1. The minimum Gasteiger partial charge on any atom is -0.321 e. The average molecular weight is 266 g/mol. The third-order valence-electron chi connectivity index (χ3n) is 2.50. The Labute approximate surface area is 108 Å². The summed E-state index contributed by atoms with van der Waals surface area (Å²) in [6, 6.07) is 7.09. The molecule has 3 nitrogen and oxygen atoms in total. The van der Waals surface area contributed by atoms with Crippen molar-refractivity contribution in [1.29, 1.82) is 0 Å². The maximum absolute atomic E-state index is 12.1. The number of aryl methyl sites for hydroxylation is 1. The molecule has 18 heavy (non-hydrogen) atoms. The molecule has 4 heteroatoms. The zero-order valence-corrected chi connectivity index (χ0v) is 11.3. The van der Waals surface area contributed by atoms with Gasteiger partial charge in [0, 0.05) is 0 Å². The molecule has 1 rings (SSSR count). The van der Waals surface area contributed by atoms with Gasteiger partial charge < -0.3 is 9.42 Å². The van der Waals surface area contributed by atoms with Crippen molar-refractivity contribution in [3.8, 4) is 0 Å². The van der Waals surface area contributed by atoms with E-state index in [-0.39, 0.29) is 6.61 Å². The molecule has 1 unspecified atom stereocenters. The smallest absolute Gasteiger partial charge is 0.321 e. The van der Waals surface area contributed by atoms with E-state index < -0.39 is 7.60 Å². The van der Waals surface area contributed by atoms with Gasteiger partial charge in [-0.3, -0.25) is 4.57 Å². The first-order chi connectivity index (χ1) is 8.61. The van der Waals surface area contributed by atoms with Crippen LogP contribution in [0.1, 0.15) is 18.4 Å². The quantitative estimate of drug-likeness (QED) is 0.446. The minimum absolute atomic E-state index is 0.201. The molecule has 0 saturated heterocycles. The molecule has 0 aliphatic carbocycles. The molecule has 0 aromatic heterocycles. The molecule has 1 aromatic carbocycles. The highest BCUT2D eigenvalue weighted by molar-refractivity contribution is 7.61. The van der Waals surface area contributed by atoms with Gasteiger partial charge in [0.05, 0.1) is 11.9 Å². The van der Waals surface area contributed by atoms with Crippen molar-refractivity contribution in [3.05, 3.63) is 55.1 Å². The summed E-state index contributed by atoms with van der Waals surface area (Å²) in [5.74, 6) is 0. The van der Waals surface area contributed by atoms with E-state index in [1.807, 2.05) is 12.1 Å². The Morgan fingerprint density at radius 3 is 2.56 bits per heavy atom. The number of hydrogen-bond donors (Lipinski definition) is 1. The Hall–Kier alpha value is -1.15. The Balaban J connectivity index is 2.88. The molecule has 98 valence electrons. The highest BCUT2D eigenvalue weighted by Crippen LogP contribution is 2.41. The van der Waals surface area contributed by atoms with Crippen molar-refractivity contribution in [3.63, 3.8) is 0 Å². The summed E-state index contributed by atoms with van der Waals surface area (Å²) in [6.45, 7) is 7.40. The molecule has 0 aliphatic rings. The predicted octanol–water partition coefficient (Wildman–Crippen LogP) is 3.21.